The van der Waals surface area contributed by atoms with Crippen molar-refractivity contribution in [1.82, 2.24) is 19.7 Å². The van der Waals surface area contributed by atoms with Crippen molar-refractivity contribution in [3.05, 3.63) is 59.9 Å². The third-order valence-corrected chi connectivity index (χ3v) is 5.09. The minimum absolute atomic E-state index is 0.100. The lowest BCUT2D eigenvalue weighted by atomic mass is 10.1. The summed E-state index contributed by atoms with van der Waals surface area (Å²) < 4.78 is 1.89. The van der Waals surface area contributed by atoms with E-state index in [0.29, 0.717) is 24.1 Å². The molecule has 3 aromatic rings. The molecule has 1 fully saturated rings. The van der Waals surface area contributed by atoms with Crippen molar-refractivity contribution in [3.63, 3.8) is 0 Å². The van der Waals surface area contributed by atoms with Crippen LogP contribution in [0.25, 0.3) is 11.0 Å². The molecule has 2 aromatic heterocycles. The summed E-state index contributed by atoms with van der Waals surface area (Å²) in [5, 5.41) is 5.39. The zero-order chi connectivity index (χ0) is 18.8. The number of rotatable bonds is 7. The molecule has 1 saturated carbocycles. The number of pyridine rings is 1. The van der Waals surface area contributed by atoms with Gasteiger partial charge in [0.1, 0.15) is 0 Å². The highest BCUT2D eigenvalue weighted by atomic mass is 16.2. The Morgan fingerprint density at radius 2 is 2.00 bits per heavy atom. The van der Waals surface area contributed by atoms with Gasteiger partial charge < -0.3 is 4.90 Å². The van der Waals surface area contributed by atoms with E-state index in [1.807, 2.05) is 33.8 Å². The van der Waals surface area contributed by atoms with Crippen molar-refractivity contribution in [2.24, 2.45) is 5.92 Å². The smallest absolute Gasteiger partial charge is 0.255 e. The van der Waals surface area contributed by atoms with Crippen molar-refractivity contribution in [3.8, 4) is 0 Å². The molecular formula is C22H26N4O. The maximum Gasteiger partial charge on any atom is 0.255 e. The molecule has 4 rings (SSSR count). The molecule has 5 heteroatoms. The van der Waals surface area contributed by atoms with E-state index in [2.05, 4.69) is 36.1 Å². The summed E-state index contributed by atoms with van der Waals surface area (Å²) in [4.78, 5) is 19.6. The first-order valence-corrected chi connectivity index (χ1v) is 9.78. The lowest BCUT2D eigenvalue weighted by Crippen LogP contribution is -2.34. The van der Waals surface area contributed by atoms with E-state index in [1.54, 1.807) is 12.4 Å². The molecule has 1 aliphatic carbocycles. The van der Waals surface area contributed by atoms with Crippen LogP contribution in [0.3, 0.4) is 0 Å². The van der Waals surface area contributed by atoms with Crippen molar-refractivity contribution >= 4 is 16.9 Å². The predicted octanol–water partition coefficient (Wildman–Crippen LogP) is 4.13. The van der Waals surface area contributed by atoms with Crippen LogP contribution in [-0.2, 0) is 6.54 Å². The number of carbonyl (C=O) groups is 1. The highest BCUT2D eigenvalue weighted by Crippen LogP contribution is 2.29. The van der Waals surface area contributed by atoms with Crippen LogP contribution in [0.4, 0.5) is 0 Å². The van der Waals surface area contributed by atoms with Gasteiger partial charge in [0.2, 0.25) is 0 Å². The Kier molecular flexibility index (Phi) is 4.92. The third-order valence-electron chi connectivity index (χ3n) is 5.09. The van der Waals surface area contributed by atoms with Gasteiger partial charge >= 0.3 is 0 Å². The van der Waals surface area contributed by atoms with E-state index in [-0.39, 0.29) is 5.91 Å². The van der Waals surface area contributed by atoms with Crippen LogP contribution in [0.15, 0.2) is 48.8 Å². The van der Waals surface area contributed by atoms with Crippen molar-refractivity contribution in [2.45, 2.75) is 45.7 Å². The second kappa shape index (κ2) is 7.51. The molecule has 1 aliphatic rings. The van der Waals surface area contributed by atoms with Crippen LogP contribution >= 0.6 is 0 Å². The first-order chi connectivity index (χ1) is 13.1. The number of aromatic nitrogens is 3. The van der Waals surface area contributed by atoms with Gasteiger partial charge in [-0.15, -0.1) is 0 Å². The van der Waals surface area contributed by atoms with E-state index >= 15 is 0 Å². The summed E-state index contributed by atoms with van der Waals surface area (Å²) in [7, 11) is 0. The topological polar surface area (TPSA) is 51.0 Å². The van der Waals surface area contributed by atoms with Crippen LogP contribution < -0.4 is 0 Å². The number of carbonyl (C=O) groups excluding carboxylic acids is 1. The van der Waals surface area contributed by atoms with Gasteiger partial charge in [-0.1, -0.05) is 44.2 Å². The lowest BCUT2D eigenvalue weighted by Gasteiger charge is -2.23. The summed E-state index contributed by atoms with van der Waals surface area (Å²) in [6.45, 7) is 5.90. The van der Waals surface area contributed by atoms with E-state index < -0.39 is 0 Å². The average molecular weight is 362 g/mol. The molecule has 5 nitrogen and oxygen atoms in total. The van der Waals surface area contributed by atoms with Crippen molar-refractivity contribution in [1.29, 1.82) is 0 Å². The lowest BCUT2D eigenvalue weighted by molar-refractivity contribution is 0.0735. The van der Waals surface area contributed by atoms with Gasteiger partial charge in [-0.25, -0.2) is 9.67 Å². The maximum atomic E-state index is 13.0. The van der Waals surface area contributed by atoms with Gasteiger partial charge in [-0.2, -0.15) is 5.10 Å². The van der Waals surface area contributed by atoms with E-state index in [0.717, 1.165) is 36.8 Å². The Bertz CT molecular complexity index is 928. The number of nitrogens with zero attached hydrogens (tertiary/aromatic N) is 4. The molecule has 0 saturated heterocycles. The normalized spacial score (nSPS) is 14.0. The van der Waals surface area contributed by atoms with Crippen LogP contribution in [0.2, 0.25) is 0 Å². The molecule has 0 spiro atoms. The number of hydrogen-bond acceptors (Lipinski definition) is 3. The van der Waals surface area contributed by atoms with Crippen LogP contribution in [0.5, 0.6) is 0 Å². The highest BCUT2D eigenvalue weighted by Gasteiger charge is 2.33. The van der Waals surface area contributed by atoms with Crippen LogP contribution in [-0.4, -0.2) is 38.2 Å². The van der Waals surface area contributed by atoms with Gasteiger partial charge in [-0.05, 0) is 36.8 Å². The fraction of sp³-hybridized carbons (Fsp3) is 0.409. The molecule has 2 heterocycles. The quantitative estimate of drug-likeness (QED) is 0.635. The number of benzene rings is 1. The summed E-state index contributed by atoms with van der Waals surface area (Å²) >= 11 is 0. The Labute approximate surface area is 160 Å². The van der Waals surface area contributed by atoms with Gasteiger partial charge in [0, 0.05) is 24.2 Å². The summed E-state index contributed by atoms with van der Waals surface area (Å²) in [6.07, 6.45) is 6.78. The second-order valence-corrected chi connectivity index (χ2v) is 7.84. The van der Waals surface area contributed by atoms with Gasteiger partial charge in [-0.3, -0.25) is 4.79 Å². The fourth-order valence-electron chi connectivity index (χ4n) is 3.36. The minimum Gasteiger partial charge on any atom is -0.336 e. The number of amides is 1. The maximum absolute atomic E-state index is 13.0. The average Bonchev–Trinajstić information content (AvgIpc) is 3.43. The summed E-state index contributed by atoms with van der Waals surface area (Å²) in [5.41, 5.74) is 2.66. The Morgan fingerprint density at radius 1 is 1.22 bits per heavy atom. The van der Waals surface area contributed by atoms with E-state index in [4.69, 9.17) is 0 Å². The van der Waals surface area contributed by atoms with Gasteiger partial charge in [0.15, 0.2) is 5.65 Å². The van der Waals surface area contributed by atoms with Crippen molar-refractivity contribution < 1.29 is 4.79 Å². The minimum atomic E-state index is 0.100. The molecule has 0 radical (unpaired) electrons. The van der Waals surface area contributed by atoms with E-state index in [1.165, 1.54) is 5.56 Å². The highest BCUT2D eigenvalue weighted by molar-refractivity contribution is 5.97. The molecule has 0 aliphatic heterocycles. The molecule has 0 bridgehead atoms. The Morgan fingerprint density at radius 3 is 2.70 bits per heavy atom. The summed E-state index contributed by atoms with van der Waals surface area (Å²) in [6, 6.07) is 12.5. The number of fused-ring (bicyclic) bond motifs is 1. The number of hydrogen-bond donors (Lipinski definition) is 0. The summed E-state index contributed by atoms with van der Waals surface area (Å²) in [5.74, 6) is 0.694. The first kappa shape index (κ1) is 17.7. The van der Waals surface area contributed by atoms with E-state index in [9.17, 15) is 4.79 Å². The Balaban J connectivity index is 1.55. The van der Waals surface area contributed by atoms with Crippen molar-refractivity contribution in [2.75, 3.05) is 6.54 Å². The molecule has 27 heavy (non-hydrogen) atoms. The SMILES string of the molecule is CC(C)CCN(C(=O)c1cnc2c(cnn2Cc2ccccc2)c1)C1CC1. The third kappa shape index (κ3) is 4.02. The van der Waals surface area contributed by atoms with Gasteiger partial charge in [0.05, 0.1) is 18.3 Å². The monoisotopic (exact) mass is 362 g/mol. The van der Waals surface area contributed by atoms with Crippen LogP contribution in [0.1, 0.15) is 49.0 Å². The fourth-order valence-corrected chi connectivity index (χ4v) is 3.36. The Hall–Kier alpha value is -2.69. The molecule has 140 valence electrons. The molecule has 0 N–H and O–H groups in total. The molecular weight excluding hydrogens is 336 g/mol. The van der Waals surface area contributed by atoms with Crippen LogP contribution in [0, 0.1) is 5.92 Å². The standard InChI is InChI=1S/C22H26N4O/c1-16(2)10-11-25(20-8-9-20)22(27)19-12-18-14-24-26(21(18)23-13-19)15-17-6-4-3-5-7-17/h3-7,12-14,16,20H,8-11,15H2,1-2H3. The zero-order valence-electron chi connectivity index (χ0n) is 16.0. The molecule has 0 atom stereocenters. The molecule has 0 unspecified atom stereocenters. The molecule has 1 aromatic carbocycles. The predicted molar refractivity (Wildman–Crippen MR) is 107 cm³/mol. The zero-order valence-corrected chi connectivity index (χ0v) is 16.0. The largest absolute Gasteiger partial charge is 0.336 e. The van der Waals surface area contributed by atoms with Gasteiger partial charge in [0.25, 0.3) is 5.91 Å². The second-order valence-electron chi connectivity index (χ2n) is 7.84. The first-order valence-electron chi connectivity index (χ1n) is 9.78. The molecule has 1 amide bonds.